The van der Waals surface area contributed by atoms with E-state index in [1.807, 2.05) is 0 Å². The van der Waals surface area contributed by atoms with Gasteiger partial charge in [0.2, 0.25) is 0 Å². The van der Waals surface area contributed by atoms with E-state index in [2.05, 4.69) is 181 Å². The third kappa shape index (κ3) is 11.6. The number of unbranched alkanes of at least 4 members (excludes halogenated alkanes) is 20. The van der Waals surface area contributed by atoms with Crippen molar-refractivity contribution in [3.8, 4) is 44.5 Å². The number of rotatable bonds is 30. The van der Waals surface area contributed by atoms with Gasteiger partial charge in [-0.25, -0.2) is 0 Å². The molecule has 0 aromatic heterocycles. The van der Waals surface area contributed by atoms with E-state index in [4.69, 9.17) is 0 Å². The number of fused-ring (bicyclic) bond motifs is 8. The largest absolute Gasteiger partial charge is 0.0654 e. The van der Waals surface area contributed by atoms with Gasteiger partial charge in [-0.1, -0.05) is 299 Å². The molecule has 0 unspecified atom stereocenters. The van der Waals surface area contributed by atoms with Crippen molar-refractivity contribution in [2.24, 2.45) is 0 Å². The molecule has 0 saturated carbocycles. The molecular formula is C72H88Br2. The maximum Gasteiger partial charge on any atom is 0.0215 e. The maximum absolute atomic E-state index is 4.04. The Morgan fingerprint density at radius 2 is 0.595 bits per heavy atom. The van der Waals surface area contributed by atoms with Crippen LogP contribution in [0, 0.1) is 0 Å². The Hall–Kier alpha value is -3.98. The Labute approximate surface area is 465 Å². The van der Waals surface area contributed by atoms with Crippen LogP contribution in [0.5, 0.6) is 0 Å². The second-order valence-corrected chi connectivity index (χ2v) is 24.8. The number of halogens is 2. The minimum atomic E-state index is 0.0200. The first-order chi connectivity index (χ1) is 36.4. The van der Waals surface area contributed by atoms with Crippen molar-refractivity contribution in [2.45, 2.75) is 218 Å². The smallest absolute Gasteiger partial charge is 0.0215 e. The van der Waals surface area contributed by atoms with Gasteiger partial charge in [0, 0.05) is 19.8 Å². The second kappa shape index (κ2) is 26.4. The molecular weight excluding hydrogens is 1020 g/mol. The van der Waals surface area contributed by atoms with Crippen molar-refractivity contribution >= 4 is 53.4 Å². The summed E-state index contributed by atoms with van der Waals surface area (Å²) in [4.78, 5) is 0. The van der Waals surface area contributed by atoms with E-state index in [0.717, 1.165) is 8.95 Å². The molecule has 2 aliphatic carbocycles. The van der Waals surface area contributed by atoms with E-state index in [9.17, 15) is 0 Å². The fraction of sp³-hybridized carbons (Fsp3) is 0.472. The Morgan fingerprint density at radius 1 is 0.284 bits per heavy atom. The zero-order chi connectivity index (χ0) is 51.3. The van der Waals surface area contributed by atoms with Crippen molar-refractivity contribution in [3.05, 3.63) is 153 Å². The van der Waals surface area contributed by atoms with Crippen molar-refractivity contribution in [1.29, 1.82) is 0 Å². The van der Waals surface area contributed by atoms with Crippen LogP contribution in [0.3, 0.4) is 0 Å². The molecule has 0 amide bonds. The lowest BCUT2D eigenvalue weighted by molar-refractivity contribution is 0.398. The molecule has 2 aliphatic rings. The van der Waals surface area contributed by atoms with E-state index in [1.54, 1.807) is 22.3 Å². The summed E-state index contributed by atoms with van der Waals surface area (Å²) >= 11 is 8.07. The van der Waals surface area contributed by atoms with E-state index in [-0.39, 0.29) is 10.8 Å². The molecule has 0 heterocycles. The van der Waals surface area contributed by atoms with Gasteiger partial charge >= 0.3 is 0 Å². The van der Waals surface area contributed by atoms with Gasteiger partial charge in [0.25, 0.3) is 0 Å². The third-order valence-corrected chi connectivity index (χ3v) is 19.0. The average Bonchev–Trinajstić information content (AvgIpc) is 3.87. The molecule has 9 rings (SSSR count). The average molecular weight is 1110 g/mol. The van der Waals surface area contributed by atoms with Crippen LogP contribution in [-0.4, -0.2) is 0 Å². The molecule has 0 aliphatic heterocycles. The molecule has 0 N–H and O–H groups in total. The predicted molar refractivity (Wildman–Crippen MR) is 332 cm³/mol. The van der Waals surface area contributed by atoms with E-state index >= 15 is 0 Å². The fourth-order valence-electron chi connectivity index (χ4n) is 14.2. The zero-order valence-corrected chi connectivity index (χ0v) is 49.3. The van der Waals surface area contributed by atoms with Crippen LogP contribution in [0.25, 0.3) is 66.1 Å². The van der Waals surface area contributed by atoms with Crippen LogP contribution in [0.2, 0.25) is 0 Å². The maximum atomic E-state index is 4.04. The molecule has 390 valence electrons. The monoisotopic (exact) mass is 1110 g/mol. The van der Waals surface area contributed by atoms with Crippen LogP contribution in [0.1, 0.15) is 230 Å². The minimum absolute atomic E-state index is 0.0200. The van der Waals surface area contributed by atoms with Gasteiger partial charge in [-0.05, 0) is 150 Å². The first-order valence-electron chi connectivity index (χ1n) is 30.2. The Morgan fingerprint density at radius 3 is 0.946 bits per heavy atom. The van der Waals surface area contributed by atoms with E-state index in [0.29, 0.717) is 0 Å². The first-order valence-corrected chi connectivity index (χ1v) is 31.8. The van der Waals surface area contributed by atoms with Crippen LogP contribution in [0.4, 0.5) is 0 Å². The molecule has 0 fully saturated rings. The quantitative estimate of drug-likeness (QED) is 0.0311. The highest BCUT2D eigenvalue weighted by molar-refractivity contribution is 9.10. The van der Waals surface area contributed by atoms with Gasteiger partial charge in [-0.2, -0.15) is 0 Å². The van der Waals surface area contributed by atoms with Crippen LogP contribution in [0.15, 0.2) is 130 Å². The van der Waals surface area contributed by atoms with Crippen molar-refractivity contribution in [2.75, 3.05) is 0 Å². The van der Waals surface area contributed by atoms with Gasteiger partial charge < -0.3 is 0 Å². The Balaban J connectivity index is 1.19. The molecule has 0 spiro atoms. The Kier molecular flexibility index (Phi) is 19.5. The summed E-state index contributed by atoms with van der Waals surface area (Å²) in [6, 6.07) is 48.7. The van der Waals surface area contributed by atoms with Gasteiger partial charge in [-0.3, -0.25) is 0 Å². The summed E-state index contributed by atoms with van der Waals surface area (Å²) < 4.78 is 2.26. The van der Waals surface area contributed by atoms with Crippen molar-refractivity contribution in [3.63, 3.8) is 0 Å². The molecule has 0 bridgehead atoms. The molecule has 0 saturated heterocycles. The molecule has 2 heteroatoms. The molecule has 0 radical (unpaired) electrons. The van der Waals surface area contributed by atoms with Crippen molar-refractivity contribution < 1.29 is 0 Å². The highest BCUT2D eigenvalue weighted by Crippen LogP contribution is 2.58. The molecule has 7 aromatic rings. The van der Waals surface area contributed by atoms with E-state index in [1.165, 1.54) is 246 Å². The minimum Gasteiger partial charge on any atom is -0.0654 e. The summed E-state index contributed by atoms with van der Waals surface area (Å²) in [5.74, 6) is 0. The summed E-state index contributed by atoms with van der Waals surface area (Å²) in [6.07, 6.45) is 36.7. The van der Waals surface area contributed by atoms with Gasteiger partial charge in [-0.15, -0.1) is 0 Å². The molecule has 0 atom stereocenters. The lowest BCUT2D eigenvalue weighted by atomic mass is 9.70. The lowest BCUT2D eigenvalue weighted by Crippen LogP contribution is -2.25. The topological polar surface area (TPSA) is 0 Å². The van der Waals surface area contributed by atoms with Crippen LogP contribution in [-0.2, 0) is 10.8 Å². The summed E-state index contributed by atoms with van der Waals surface area (Å²) in [6.45, 7) is 9.34. The van der Waals surface area contributed by atoms with E-state index < -0.39 is 0 Å². The fourth-order valence-corrected chi connectivity index (χ4v) is 14.9. The van der Waals surface area contributed by atoms with Crippen LogP contribution >= 0.6 is 31.9 Å². The predicted octanol–water partition coefficient (Wildman–Crippen LogP) is 24.4. The highest BCUT2D eigenvalue weighted by Gasteiger charge is 2.44. The Bertz CT molecular complexity index is 2720. The molecule has 0 nitrogen and oxygen atoms in total. The lowest BCUT2D eigenvalue weighted by Gasteiger charge is -2.33. The third-order valence-electron chi connectivity index (χ3n) is 18.0. The molecule has 74 heavy (non-hydrogen) atoms. The number of hydrogen-bond acceptors (Lipinski definition) is 0. The number of benzene rings is 7. The van der Waals surface area contributed by atoms with Gasteiger partial charge in [0.15, 0.2) is 0 Å². The standard InChI is InChI=1S/C72H88Br2/c1-5-9-13-17-21-29-45-71(46-30-22-18-14-10-6-2)65-35-27-25-33-57(65)59-41-37-53(49-67(59)71)69-61-43-39-56(74)52-64(61)70(62-44-40-55(73)51-63(62)69)54-38-42-60-58-34-26-28-36-66(58)72(68(60)50-54,47-31-23-19-15-11-7-3)48-32-24-20-16-12-8-4/h25-28,33-44,49-52H,5-24,29-32,45-48H2,1-4H3. The highest BCUT2D eigenvalue weighted by atomic mass is 79.9. The first kappa shape index (κ1) is 54.8. The summed E-state index contributed by atoms with van der Waals surface area (Å²) in [5, 5.41) is 5.31. The van der Waals surface area contributed by atoms with Crippen molar-refractivity contribution in [1.82, 2.24) is 0 Å². The summed E-state index contributed by atoms with van der Waals surface area (Å²) in [5.41, 5.74) is 17.6. The van der Waals surface area contributed by atoms with Gasteiger partial charge in [0.1, 0.15) is 0 Å². The number of hydrogen-bond donors (Lipinski definition) is 0. The van der Waals surface area contributed by atoms with Gasteiger partial charge in [0.05, 0.1) is 0 Å². The normalized spacial score (nSPS) is 13.9. The summed E-state index contributed by atoms with van der Waals surface area (Å²) in [7, 11) is 0. The zero-order valence-electron chi connectivity index (χ0n) is 46.1. The SMILES string of the molecule is CCCCCCCCC1(CCCCCCCC)c2ccccc2-c2ccc(-c3c4ccc(Br)cc4c(-c4ccc5c(c4)C(CCCCCCCC)(CCCCCCCC)c4ccccc4-5)c4ccc(Br)cc34)cc21. The second-order valence-electron chi connectivity index (χ2n) is 23.0. The molecule has 7 aromatic carbocycles. The van der Waals surface area contributed by atoms with Crippen LogP contribution < -0.4 is 0 Å².